The zero-order valence-corrected chi connectivity index (χ0v) is 79.3. The van der Waals surface area contributed by atoms with Crippen molar-refractivity contribution in [3.63, 3.8) is 0 Å². The number of aliphatic hydroxyl groups is 2. The lowest BCUT2D eigenvalue weighted by Crippen LogP contribution is -2.30. The van der Waals surface area contributed by atoms with Crippen LogP contribution in [0.15, 0.2) is 4.36 Å². The summed E-state index contributed by atoms with van der Waals surface area (Å²) in [5.74, 6) is 17.0. The lowest BCUT2D eigenvalue weighted by Gasteiger charge is -2.25. The second-order valence-corrected chi connectivity index (χ2v) is 38.4. The Morgan fingerprint density at radius 1 is 0.491 bits per heavy atom. The molecule has 2 saturated carbocycles. The minimum atomic E-state index is -2.24. The average Bonchev–Trinajstić information content (AvgIpc) is 1.86. The van der Waals surface area contributed by atoms with Crippen LogP contribution in [0.5, 0.6) is 0 Å². The summed E-state index contributed by atoms with van der Waals surface area (Å²) in [5, 5.41) is 18.1. The van der Waals surface area contributed by atoms with E-state index in [1.54, 1.807) is 48.7 Å². The summed E-state index contributed by atoms with van der Waals surface area (Å²) in [6.45, 7) is 64.1. The third-order valence-corrected chi connectivity index (χ3v) is 19.1. The molecule has 2 N–H and O–H groups in total. The molecule has 3 rings (SSSR count). The highest BCUT2D eigenvalue weighted by Crippen LogP contribution is 2.34. The largest absolute Gasteiger partial charge is 0.393 e. The molecule has 658 valence electrons. The average molecular weight is 1610 g/mol. The fourth-order valence-corrected chi connectivity index (χ4v) is 9.85. The Bertz CT molecular complexity index is 2700. The zero-order chi connectivity index (χ0) is 89.5. The maximum atomic E-state index is 11.4. The number of amides is 1. The fraction of sp³-hybridized carbons (Fsp3) is 0.840. The number of ether oxygens (including phenoxy) is 2. The topological polar surface area (TPSA) is 276 Å². The molecule has 1 saturated heterocycles. The van der Waals surface area contributed by atoms with E-state index in [9.17, 15) is 62.1 Å². The molecule has 18 heteroatoms. The van der Waals surface area contributed by atoms with Crippen LogP contribution in [0.25, 0.3) is 0 Å². The first-order valence-electron chi connectivity index (χ1n) is 42.5. The van der Waals surface area contributed by atoms with Gasteiger partial charge in [-0.15, -0.1) is 24.2 Å². The molecule has 5 atom stereocenters. The second kappa shape index (κ2) is 72.7. The third kappa shape index (κ3) is 86.1. The number of rotatable bonds is 36. The Labute approximate surface area is 689 Å². The van der Waals surface area contributed by atoms with Gasteiger partial charge >= 0.3 is 0 Å². The van der Waals surface area contributed by atoms with Gasteiger partial charge in [0.05, 0.1) is 24.9 Å². The van der Waals surface area contributed by atoms with Gasteiger partial charge in [0.15, 0.2) is 0 Å². The van der Waals surface area contributed by atoms with E-state index in [-0.39, 0.29) is 94.5 Å². The van der Waals surface area contributed by atoms with Gasteiger partial charge < -0.3 is 19.7 Å². The molecule has 0 spiro atoms. The van der Waals surface area contributed by atoms with Crippen LogP contribution in [0.1, 0.15) is 356 Å². The number of hydrogen-bond donors (Lipinski definition) is 2. The molecule has 3 fully saturated rings. The molecule has 2 aliphatic carbocycles. The number of carbonyl (C=O) groups is 11. The van der Waals surface area contributed by atoms with Crippen molar-refractivity contribution in [2.24, 2.45) is 111 Å². The number of aliphatic hydroxyl groups excluding tert-OH is 1. The van der Waals surface area contributed by atoms with E-state index in [0.717, 1.165) is 63.6 Å². The Morgan fingerprint density at radius 3 is 1.12 bits per heavy atom. The van der Waals surface area contributed by atoms with Crippen molar-refractivity contribution in [1.29, 1.82) is 0 Å². The highest BCUT2D eigenvalue weighted by atomic mass is 32.2. The van der Waals surface area contributed by atoms with Crippen molar-refractivity contribution in [3.05, 3.63) is 0 Å². The molecule has 0 bridgehead atoms. The Kier molecular flexibility index (Phi) is 79.8. The summed E-state index contributed by atoms with van der Waals surface area (Å²) in [7, 11) is -0.580. The van der Waals surface area contributed by atoms with Crippen LogP contribution in [0, 0.1) is 131 Å². The van der Waals surface area contributed by atoms with Crippen molar-refractivity contribution < 1.29 is 76.6 Å². The van der Waals surface area contributed by atoms with Crippen molar-refractivity contribution in [1.82, 2.24) is 0 Å². The highest BCUT2D eigenvalue weighted by molar-refractivity contribution is 7.92. The normalized spacial score (nSPS) is 15.0. The lowest BCUT2D eigenvalue weighted by molar-refractivity contribution is -0.127. The Balaban J connectivity index is -0.000000177. The van der Waals surface area contributed by atoms with Crippen LogP contribution in [-0.4, -0.2) is 129 Å². The van der Waals surface area contributed by atoms with Gasteiger partial charge in [-0.2, -0.15) is 4.36 Å². The third-order valence-electron chi connectivity index (χ3n) is 18.5. The monoisotopic (exact) mass is 1610 g/mol. The van der Waals surface area contributed by atoms with E-state index in [2.05, 4.69) is 56.7 Å². The Morgan fingerprint density at radius 2 is 0.848 bits per heavy atom. The number of methoxy groups -OCH3 is 1. The zero-order valence-electron chi connectivity index (χ0n) is 78.5. The van der Waals surface area contributed by atoms with Gasteiger partial charge in [0.1, 0.15) is 57.8 Å². The maximum Gasteiger partial charge on any atom is 0.256 e. The number of nitrogens with zero attached hydrogens (tertiary/aromatic N) is 1. The summed E-state index contributed by atoms with van der Waals surface area (Å²) < 4.78 is 24.3. The molecular weight excluding hydrogens is 1430 g/mol. The molecular formula is C94H175NO16S. The summed E-state index contributed by atoms with van der Waals surface area (Å²) in [4.78, 5) is 122. The molecule has 0 radical (unpaired) electrons. The van der Waals surface area contributed by atoms with Crippen LogP contribution in [0.2, 0.25) is 0 Å². The molecule has 3 aliphatic rings. The number of terminal acetylenes is 1. The maximum absolute atomic E-state index is 11.4. The first-order chi connectivity index (χ1) is 51.2. The summed E-state index contributed by atoms with van der Waals surface area (Å²) >= 11 is 0. The van der Waals surface area contributed by atoms with Crippen molar-refractivity contribution in [2.75, 3.05) is 39.4 Å². The molecule has 0 aromatic carbocycles. The molecule has 17 nitrogen and oxygen atoms in total. The number of hydrogen-bond acceptors (Lipinski definition) is 16. The van der Waals surface area contributed by atoms with Crippen LogP contribution in [-0.2, 0) is 71.9 Å². The predicted molar refractivity (Wildman–Crippen MR) is 469 cm³/mol. The van der Waals surface area contributed by atoms with Crippen molar-refractivity contribution in [2.45, 2.75) is 368 Å². The van der Waals surface area contributed by atoms with Crippen molar-refractivity contribution in [3.8, 4) is 24.2 Å². The van der Waals surface area contributed by atoms with Crippen LogP contribution >= 0.6 is 0 Å². The smallest absolute Gasteiger partial charge is 0.256 e. The SMILES string of the molecule is C#CCCC(=O)C(C)C.CC#CCCC(=O)C(C)C.CC(C)C(=O)CC1CCC1.CC(C)C(=O)CC1CCCC1C.CC(C)C(=O)CC1COC1.CC(C)C(=O)CCC(C)(C)O.CC(C)C(=O)N=S(C)(C)=O.CC(C)CC(=O)C(C)C.CC(O)CCC(=O)C(C)C.CCC(C)CC(=O)C(C)C.COCC(C)CC(=O)C(C)C. The van der Waals surface area contributed by atoms with Crippen LogP contribution in [0.4, 0.5) is 0 Å². The van der Waals surface area contributed by atoms with Gasteiger partial charge in [0, 0.05) is 184 Å². The summed E-state index contributed by atoms with van der Waals surface area (Å²) in [5.41, 5.74) is -0.704. The van der Waals surface area contributed by atoms with E-state index in [4.69, 9.17) is 21.0 Å². The summed E-state index contributed by atoms with van der Waals surface area (Å²) in [6, 6.07) is 0. The summed E-state index contributed by atoms with van der Waals surface area (Å²) in [6.07, 6.45) is 25.6. The van der Waals surface area contributed by atoms with Crippen molar-refractivity contribution >= 4 is 73.5 Å². The van der Waals surface area contributed by atoms with Gasteiger partial charge in [0.25, 0.3) is 5.91 Å². The molecule has 1 aliphatic heterocycles. The molecule has 5 unspecified atom stereocenters. The van der Waals surface area contributed by atoms with E-state index < -0.39 is 15.3 Å². The van der Waals surface area contributed by atoms with Crippen LogP contribution < -0.4 is 0 Å². The van der Waals surface area contributed by atoms with Gasteiger partial charge in [-0.1, -0.05) is 232 Å². The predicted octanol–water partition coefficient (Wildman–Crippen LogP) is 21.1. The molecule has 1 heterocycles. The molecule has 112 heavy (non-hydrogen) atoms. The Hall–Kier alpha value is -4.72. The minimum absolute atomic E-state index is 0.0948. The van der Waals surface area contributed by atoms with E-state index in [1.165, 1.54) is 51.0 Å². The lowest BCUT2D eigenvalue weighted by atomic mass is 9.80. The van der Waals surface area contributed by atoms with Gasteiger partial charge in [0.2, 0.25) is 0 Å². The number of ketones is 10. The van der Waals surface area contributed by atoms with E-state index in [1.807, 2.05) is 145 Å². The quantitative estimate of drug-likeness (QED) is 0.0552. The molecule has 1 amide bonds. The van der Waals surface area contributed by atoms with Gasteiger partial charge in [-0.25, -0.2) is 4.21 Å². The highest BCUT2D eigenvalue weighted by Gasteiger charge is 2.27. The number of carbonyl (C=O) groups excluding carboxylic acids is 11. The van der Waals surface area contributed by atoms with Crippen LogP contribution in [0.3, 0.4) is 0 Å². The van der Waals surface area contributed by atoms with Gasteiger partial charge in [-0.05, 0) is 82.5 Å². The standard InChI is InChI=1S/C11H20O.2C9H18O2.C9H16O.C9H18O.C9H14O.C8H14O2.C8H16O2.C8H16O.C8H12O.C6H13NO2S/c1-8(2)11(12)7-10-6-4-5-9(10)3;1-7(2)9(10)5-8(3)6-11-4;1-7(2)8(10)5-6-9(3,4)11;1-7(2)9(10)6-8-4-3-5-8;1-5-8(4)6-9(10)7(2)3;1-4-5-6-7-9(10)8(2)3;1-6(2)8(9)3-7-4-10-5-7;1-6(2)8(10)5-4-7(3)9;1-6(2)5-8(9)7(3)4;1-4-5-6-8(9)7(2)3;1-5(2)6(8)7-10(3,4)9/h8-10H,4-7H2,1-3H3;7-8H,5-6H2,1-4H3;7,11H,5-6H2,1-4H3;7-8H,3-6H2,1-2H3;7-8H,5-6H2,1-4H3;8H,6-7H2,1-3H3;6-7H,3-5H2,1-2H3;6-7,9H,4-5H2,1-3H3;6-7H,5H2,1-4H3;1,7H,5-6H2,2-3H3;5H,1-4H3. The van der Waals surface area contributed by atoms with E-state index in [0.29, 0.717) is 134 Å². The minimum Gasteiger partial charge on any atom is -0.393 e. The molecule has 0 aromatic heterocycles. The first-order valence-corrected chi connectivity index (χ1v) is 44.9. The van der Waals surface area contributed by atoms with E-state index >= 15 is 0 Å². The number of Topliss-reactive ketones (excluding diaryl/α,β-unsaturated/α-hetero) is 10. The fourth-order valence-electron chi connectivity index (χ4n) is 9.21. The van der Waals surface area contributed by atoms with Gasteiger partial charge in [-0.3, -0.25) is 52.7 Å². The molecule has 0 aromatic rings. The first kappa shape index (κ1) is 123. The second-order valence-electron chi connectivity index (χ2n) is 35.9.